The molecule has 2 rings (SSSR count). The first-order valence-electron chi connectivity index (χ1n) is 6.41. The van der Waals surface area contributed by atoms with Crippen LogP contribution in [0.1, 0.15) is 12.5 Å². The fourth-order valence-corrected chi connectivity index (χ4v) is 2.38. The van der Waals surface area contributed by atoms with Gasteiger partial charge in [0.25, 0.3) is 0 Å². The molecule has 0 saturated heterocycles. The third-order valence-corrected chi connectivity index (χ3v) is 3.86. The van der Waals surface area contributed by atoms with Gasteiger partial charge in [0, 0.05) is 24.7 Å². The molecular formula is C14H19ClN2O2. The molecule has 1 aliphatic heterocycles. The minimum Gasteiger partial charge on any atom is -0.492 e. The maximum Gasteiger partial charge on any atom is 0.229 e. The Bertz CT molecular complexity index is 479. The van der Waals surface area contributed by atoms with Gasteiger partial charge < -0.3 is 15.4 Å². The molecule has 1 heterocycles. The Morgan fingerprint density at radius 1 is 1.63 bits per heavy atom. The lowest BCUT2D eigenvalue weighted by Crippen LogP contribution is -2.45. The molecule has 0 spiro atoms. The molecule has 1 aromatic carbocycles. The number of likely N-dealkylation sites (N-methyl/N-ethyl adjacent to an activating group) is 1. The van der Waals surface area contributed by atoms with Crippen LogP contribution in [0.5, 0.6) is 5.75 Å². The number of fused-ring (bicyclic) bond motifs is 1. The SMILES string of the molecule is CC(CN)N(C)C(=O)C1COc2ccc(Cl)cc2C1. The van der Waals surface area contributed by atoms with E-state index in [0.29, 0.717) is 24.6 Å². The molecule has 0 fully saturated rings. The van der Waals surface area contributed by atoms with Crippen molar-refractivity contribution >= 4 is 17.5 Å². The number of ether oxygens (including phenoxy) is 1. The summed E-state index contributed by atoms with van der Waals surface area (Å²) >= 11 is 5.97. The van der Waals surface area contributed by atoms with Gasteiger partial charge >= 0.3 is 0 Å². The normalized spacial score (nSPS) is 19.3. The van der Waals surface area contributed by atoms with Gasteiger partial charge in [-0.15, -0.1) is 0 Å². The van der Waals surface area contributed by atoms with Crippen LogP contribution in [0, 0.1) is 5.92 Å². The van der Waals surface area contributed by atoms with Gasteiger partial charge in [0.1, 0.15) is 12.4 Å². The monoisotopic (exact) mass is 282 g/mol. The number of carbonyl (C=O) groups excluding carboxylic acids is 1. The molecule has 1 amide bonds. The standard InChI is InChI=1S/C14H19ClN2O2/c1-9(7-16)17(2)14(18)11-5-10-6-12(15)3-4-13(10)19-8-11/h3-4,6,9,11H,5,7-8,16H2,1-2H3. The molecule has 0 saturated carbocycles. The molecule has 19 heavy (non-hydrogen) atoms. The number of amides is 1. The van der Waals surface area contributed by atoms with Gasteiger partial charge in [-0.3, -0.25) is 4.79 Å². The van der Waals surface area contributed by atoms with Gasteiger partial charge in [-0.25, -0.2) is 0 Å². The van der Waals surface area contributed by atoms with Crippen molar-refractivity contribution in [3.63, 3.8) is 0 Å². The highest BCUT2D eigenvalue weighted by atomic mass is 35.5. The van der Waals surface area contributed by atoms with Crippen LogP contribution in [0.4, 0.5) is 0 Å². The van der Waals surface area contributed by atoms with Crippen LogP contribution in [-0.4, -0.2) is 37.0 Å². The van der Waals surface area contributed by atoms with Crippen LogP contribution in [0.25, 0.3) is 0 Å². The molecule has 5 heteroatoms. The summed E-state index contributed by atoms with van der Waals surface area (Å²) in [4.78, 5) is 14.0. The minimum atomic E-state index is -0.162. The maximum atomic E-state index is 12.4. The molecule has 2 N–H and O–H groups in total. The van der Waals surface area contributed by atoms with E-state index in [-0.39, 0.29) is 17.9 Å². The number of benzene rings is 1. The molecule has 0 bridgehead atoms. The second-order valence-electron chi connectivity index (χ2n) is 5.00. The highest BCUT2D eigenvalue weighted by Crippen LogP contribution is 2.30. The second kappa shape index (κ2) is 5.80. The van der Waals surface area contributed by atoms with Gasteiger partial charge in [0.2, 0.25) is 5.91 Å². The van der Waals surface area contributed by atoms with Crippen molar-refractivity contribution in [2.45, 2.75) is 19.4 Å². The molecule has 0 aromatic heterocycles. The predicted octanol–water partition coefficient (Wildman–Crippen LogP) is 1.70. The lowest BCUT2D eigenvalue weighted by molar-refractivity contribution is -0.137. The first-order valence-corrected chi connectivity index (χ1v) is 6.78. The Balaban J connectivity index is 2.11. The van der Waals surface area contributed by atoms with Crippen LogP contribution < -0.4 is 10.5 Å². The molecule has 2 atom stereocenters. The van der Waals surface area contributed by atoms with Crippen molar-refractivity contribution in [3.8, 4) is 5.75 Å². The van der Waals surface area contributed by atoms with E-state index in [0.717, 1.165) is 11.3 Å². The van der Waals surface area contributed by atoms with Crippen molar-refractivity contribution in [2.24, 2.45) is 11.7 Å². The third-order valence-electron chi connectivity index (χ3n) is 3.63. The van der Waals surface area contributed by atoms with E-state index in [1.54, 1.807) is 18.0 Å². The summed E-state index contributed by atoms with van der Waals surface area (Å²) in [5.74, 6) is 0.733. The van der Waals surface area contributed by atoms with Crippen molar-refractivity contribution in [1.82, 2.24) is 4.90 Å². The Labute approximate surface area is 118 Å². The summed E-state index contributed by atoms with van der Waals surface area (Å²) in [5, 5.41) is 0.666. The molecule has 104 valence electrons. The first-order chi connectivity index (χ1) is 9.02. The van der Waals surface area contributed by atoms with E-state index in [9.17, 15) is 4.79 Å². The third kappa shape index (κ3) is 3.01. The summed E-state index contributed by atoms with van der Waals surface area (Å²) in [7, 11) is 1.79. The molecule has 0 radical (unpaired) electrons. The van der Waals surface area contributed by atoms with Gasteiger partial charge in [-0.1, -0.05) is 11.6 Å². The van der Waals surface area contributed by atoms with Crippen LogP contribution in [0.2, 0.25) is 5.02 Å². The zero-order valence-electron chi connectivity index (χ0n) is 11.2. The zero-order chi connectivity index (χ0) is 14.0. The number of rotatable bonds is 3. The van der Waals surface area contributed by atoms with Crippen molar-refractivity contribution < 1.29 is 9.53 Å². The lowest BCUT2D eigenvalue weighted by atomic mass is 9.95. The Morgan fingerprint density at radius 2 is 2.37 bits per heavy atom. The smallest absolute Gasteiger partial charge is 0.229 e. The van der Waals surface area contributed by atoms with Crippen LogP contribution >= 0.6 is 11.6 Å². The summed E-state index contributed by atoms with van der Waals surface area (Å²) in [6.45, 7) is 2.81. The molecule has 4 nitrogen and oxygen atoms in total. The van der Waals surface area contributed by atoms with Crippen LogP contribution in [0.15, 0.2) is 18.2 Å². The topological polar surface area (TPSA) is 55.6 Å². The van der Waals surface area contributed by atoms with Crippen molar-refractivity contribution in [3.05, 3.63) is 28.8 Å². The van der Waals surface area contributed by atoms with Gasteiger partial charge in [0.05, 0.1) is 5.92 Å². The molecule has 1 aromatic rings. The van der Waals surface area contributed by atoms with Crippen LogP contribution in [-0.2, 0) is 11.2 Å². The maximum absolute atomic E-state index is 12.4. The molecule has 1 aliphatic rings. The van der Waals surface area contributed by atoms with Gasteiger partial charge in [0.15, 0.2) is 0 Å². The van der Waals surface area contributed by atoms with E-state index in [4.69, 9.17) is 22.1 Å². The lowest BCUT2D eigenvalue weighted by Gasteiger charge is -2.31. The molecule has 0 aliphatic carbocycles. The highest BCUT2D eigenvalue weighted by Gasteiger charge is 2.29. The van der Waals surface area contributed by atoms with Gasteiger partial charge in [-0.05, 0) is 37.1 Å². The number of halogens is 1. The number of nitrogens with zero attached hydrogens (tertiary/aromatic N) is 1. The Morgan fingerprint density at radius 3 is 3.05 bits per heavy atom. The highest BCUT2D eigenvalue weighted by molar-refractivity contribution is 6.30. The van der Waals surface area contributed by atoms with E-state index in [1.807, 2.05) is 19.1 Å². The summed E-state index contributed by atoms with van der Waals surface area (Å²) in [6.07, 6.45) is 0.663. The molecule has 2 unspecified atom stereocenters. The zero-order valence-corrected chi connectivity index (χ0v) is 12.0. The summed E-state index contributed by atoms with van der Waals surface area (Å²) in [6, 6.07) is 5.55. The molecular weight excluding hydrogens is 264 g/mol. The quantitative estimate of drug-likeness (QED) is 0.918. The average Bonchev–Trinajstić information content (AvgIpc) is 2.43. The van der Waals surface area contributed by atoms with E-state index in [2.05, 4.69) is 0 Å². The summed E-state index contributed by atoms with van der Waals surface area (Å²) in [5.41, 5.74) is 6.59. The average molecular weight is 283 g/mol. The van der Waals surface area contributed by atoms with E-state index in [1.165, 1.54) is 0 Å². The van der Waals surface area contributed by atoms with E-state index >= 15 is 0 Å². The van der Waals surface area contributed by atoms with E-state index < -0.39 is 0 Å². The van der Waals surface area contributed by atoms with Crippen molar-refractivity contribution in [2.75, 3.05) is 20.2 Å². The largest absolute Gasteiger partial charge is 0.492 e. The Hall–Kier alpha value is -1.26. The number of carbonyl (C=O) groups is 1. The van der Waals surface area contributed by atoms with Crippen LogP contribution in [0.3, 0.4) is 0 Å². The first kappa shape index (κ1) is 14.2. The minimum absolute atomic E-state index is 0.0354. The number of hydrogen-bond acceptors (Lipinski definition) is 3. The Kier molecular flexibility index (Phi) is 4.32. The fourth-order valence-electron chi connectivity index (χ4n) is 2.19. The summed E-state index contributed by atoms with van der Waals surface area (Å²) < 4.78 is 5.64. The predicted molar refractivity (Wildman–Crippen MR) is 75.4 cm³/mol. The number of nitrogens with two attached hydrogens (primary N) is 1. The van der Waals surface area contributed by atoms with Crippen molar-refractivity contribution in [1.29, 1.82) is 0 Å². The fraction of sp³-hybridized carbons (Fsp3) is 0.500. The van der Waals surface area contributed by atoms with Gasteiger partial charge in [-0.2, -0.15) is 0 Å². The number of hydrogen-bond donors (Lipinski definition) is 1. The second-order valence-corrected chi connectivity index (χ2v) is 5.43.